The summed E-state index contributed by atoms with van der Waals surface area (Å²) in [6.07, 6.45) is -3.61. The van der Waals surface area contributed by atoms with Gasteiger partial charge in [0.15, 0.2) is 0 Å². The quantitative estimate of drug-likeness (QED) is 0.105. The fourth-order valence-corrected chi connectivity index (χ4v) is 4.42. The lowest BCUT2D eigenvalue weighted by Crippen LogP contribution is -2.26. The second kappa shape index (κ2) is 12.7. The van der Waals surface area contributed by atoms with Crippen LogP contribution in [0.3, 0.4) is 0 Å². The number of carbonyl (C=O) groups is 1. The topological polar surface area (TPSA) is 69.0 Å². The van der Waals surface area contributed by atoms with Gasteiger partial charge in [-0.1, -0.05) is 25.4 Å². The SMILES string of the molecule is CCCN(CCC)Cc1c(OC(=O)c2ccc(F)cc2)ccc2c(=O)c(Oc3ccc(Cl)cc3)c(C(F)(F)F)oc12. The largest absolute Gasteiger partial charge is 0.453 e. The molecule has 1 heterocycles. The van der Waals surface area contributed by atoms with Crippen LogP contribution >= 0.6 is 11.6 Å². The molecule has 0 unspecified atom stereocenters. The minimum absolute atomic E-state index is 0.0283. The minimum atomic E-state index is -5.10. The third-order valence-corrected chi connectivity index (χ3v) is 6.37. The third-order valence-electron chi connectivity index (χ3n) is 6.11. The van der Waals surface area contributed by atoms with Gasteiger partial charge >= 0.3 is 12.1 Å². The zero-order valence-corrected chi connectivity index (χ0v) is 22.9. The van der Waals surface area contributed by atoms with E-state index < -0.39 is 34.9 Å². The number of fused-ring (bicyclic) bond motifs is 1. The van der Waals surface area contributed by atoms with Crippen LogP contribution in [0.1, 0.15) is 48.4 Å². The number of hydrogen-bond donors (Lipinski definition) is 0. The Balaban J connectivity index is 1.90. The molecular formula is C30H26ClF4NO5. The van der Waals surface area contributed by atoms with Gasteiger partial charge < -0.3 is 13.9 Å². The summed E-state index contributed by atoms with van der Waals surface area (Å²) in [7, 11) is 0. The van der Waals surface area contributed by atoms with Crippen LogP contribution in [0.2, 0.25) is 5.02 Å². The monoisotopic (exact) mass is 591 g/mol. The van der Waals surface area contributed by atoms with Gasteiger partial charge in [-0.2, -0.15) is 13.2 Å². The van der Waals surface area contributed by atoms with Gasteiger partial charge in [0.1, 0.15) is 22.9 Å². The molecule has 0 aliphatic rings. The number of rotatable bonds is 10. The Hall–Kier alpha value is -3.89. The second-order valence-corrected chi connectivity index (χ2v) is 9.67. The standard InChI is InChI=1S/C30H26ClF4NO5/c1-3-15-36(16-4-2)17-23-24(40-29(38)18-5-9-20(32)10-6-18)14-13-22-25(37)27(28(30(33,34)35)41-26(22)23)39-21-11-7-19(31)8-12-21/h5-14H,3-4,15-17H2,1-2H3. The zero-order valence-electron chi connectivity index (χ0n) is 22.2. The Kier molecular flexibility index (Phi) is 9.35. The lowest BCUT2D eigenvalue weighted by Gasteiger charge is -2.23. The second-order valence-electron chi connectivity index (χ2n) is 9.23. The Morgan fingerprint density at radius 3 is 2.17 bits per heavy atom. The highest BCUT2D eigenvalue weighted by atomic mass is 35.5. The summed E-state index contributed by atoms with van der Waals surface area (Å²) in [5.41, 5.74) is -1.32. The van der Waals surface area contributed by atoms with E-state index in [4.69, 9.17) is 25.5 Å². The predicted molar refractivity (Wildman–Crippen MR) is 146 cm³/mol. The Labute approximate surface area is 238 Å². The van der Waals surface area contributed by atoms with Gasteiger partial charge in [-0.3, -0.25) is 9.69 Å². The molecule has 0 saturated heterocycles. The molecule has 0 fully saturated rings. The van der Waals surface area contributed by atoms with Crippen molar-refractivity contribution in [2.45, 2.75) is 39.4 Å². The summed E-state index contributed by atoms with van der Waals surface area (Å²) in [5.74, 6) is -4.22. The molecule has 6 nitrogen and oxygen atoms in total. The van der Waals surface area contributed by atoms with Crippen LogP contribution in [0.4, 0.5) is 17.6 Å². The highest BCUT2D eigenvalue weighted by Crippen LogP contribution is 2.40. The van der Waals surface area contributed by atoms with E-state index in [0.717, 1.165) is 25.0 Å². The number of carbonyl (C=O) groups excluding carboxylic acids is 1. The summed E-state index contributed by atoms with van der Waals surface area (Å²) < 4.78 is 72.5. The molecule has 0 amide bonds. The first-order valence-electron chi connectivity index (χ1n) is 12.8. The summed E-state index contributed by atoms with van der Waals surface area (Å²) in [6, 6.07) is 12.6. The fraction of sp³-hybridized carbons (Fsp3) is 0.267. The van der Waals surface area contributed by atoms with Gasteiger partial charge in [0.2, 0.25) is 11.2 Å². The van der Waals surface area contributed by atoms with E-state index in [0.29, 0.717) is 18.1 Å². The molecule has 0 saturated carbocycles. The molecule has 0 bridgehead atoms. The minimum Gasteiger partial charge on any atom is -0.449 e. The van der Waals surface area contributed by atoms with Crippen LogP contribution in [-0.2, 0) is 12.7 Å². The van der Waals surface area contributed by atoms with E-state index in [1.165, 1.54) is 48.5 Å². The molecule has 0 atom stereocenters. The highest BCUT2D eigenvalue weighted by molar-refractivity contribution is 6.30. The Bertz CT molecular complexity index is 1580. The molecule has 4 rings (SSSR count). The summed E-state index contributed by atoms with van der Waals surface area (Å²) in [5, 5.41) is 0.140. The van der Waals surface area contributed by atoms with Crippen molar-refractivity contribution in [1.29, 1.82) is 0 Å². The van der Waals surface area contributed by atoms with Crippen molar-refractivity contribution in [2.75, 3.05) is 13.1 Å². The molecule has 216 valence electrons. The van der Waals surface area contributed by atoms with Gasteiger partial charge in [0.25, 0.3) is 5.76 Å². The van der Waals surface area contributed by atoms with Crippen LogP contribution in [0.25, 0.3) is 11.0 Å². The fourth-order valence-electron chi connectivity index (χ4n) is 4.29. The molecule has 1 aromatic heterocycles. The van der Waals surface area contributed by atoms with E-state index in [1.54, 1.807) is 0 Å². The van der Waals surface area contributed by atoms with Crippen LogP contribution in [0.5, 0.6) is 17.2 Å². The lowest BCUT2D eigenvalue weighted by molar-refractivity contribution is -0.154. The van der Waals surface area contributed by atoms with E-state index in [2.05, 4.69) is 0 Å². The van der Waals surface area contributed by atoms with Gasteiger partial charge in [0, 0.05) is 11.6 Å². The molecule has 0 spiro atoms. The van der Waals surface area contributed by atoms with Crippen molar-refractivity contribution < 1.29 is 36.2 Å². The number of ether oxygens (including phenoxy) is 2. The molecule has 4 aromatic rings. The number of alkyl halides is 3. The van der Waals surface area contributed by atoms with Crippen LogP contribution in [0, 0.1) is 5.82 Å². The zero-order chi connectivity index (χ0) is 29.7. The molecule has 0 N–H and O–H groups in total. The van der Waals surface area contributed by atoms with Crippen molar-refractivity contribution in [3.8, 4) is 17.2 Å². The first kappa shape index (κ1) is 30.1. The van der Waals surface area contributed by atoms with Gasteiger partial charge in [-0.15, -0.1) is 0 Å². The van der Waals surface area contributed by atoms with Crippen molar-refractivity contribution >= 4 is 28.5 Å². The predicted octanol–water partition coefficient (Wildman–Crippen LogP) is 8.24. The molecular weight excluding hydrogens is 566 g/mol. The average molecular weight is 592 g/mol. The van der Waals surface area contributed by atoms with Crippen molar-refractivity contribution in [3.63, 3.8) is 0 Å². The summed E-state index contributed by atoms with van der Waals surface area (Å²) >= 11 is 5.86. The van der Waals surface area contributed by atoms with Crippen molar-refractivity contribution in [3.05, 3.63) is 98.6 Å². The highest BCUT2D eigenvalue weighted by Gasteiger charge is 2.41. The smallest absolute Gasteiger partial charge is 0.449 e. The maximum Gasteiger partial charge on any atom is 0.453 e. The number of benzene rings is 3. The number of nitrogens with zero attached hydrogens (tertiary/aromatic N) is 1. The molecule has 3 aromatic carbocycles. The number of esters is 1. The normalized spacial score (nSPS) is 11.7. The summed E-state index contributed by atoms with van der Waals surface area (Å²) in [4.78, 5) is 28.3. The van der Waals surface area contributed by atoms with Gasteiger partial charge in [0.05, 0.1) is 16.5 Å². The maximum absolute atomic E-state index is 14.3. The van der Waals surface area contributed by atoms with Gasteiger partial charge in [-0.05, 0) is 86.6 Å². The van der Waals surface area contributed by atoms with E-state index >= 15 is 0 Å². The van der Waals surface area contributed by atoms with E-state index in [9.17, 15) is 27.2 Å². The van der Waals surface area contributed by atoms with Crippen LogP contribution in [0.15, 0.2) is 69.9 Å². The number of halogens is 5. The maximum atomic E-state index is 14.3. The van der Waals surface area contributed by atoms with Crippen LogP contribution < -0.4 is 14.9 Å². The van der Waals surface area contributed by atoms with Crippen molar-refractivity contribution in [1.82, 2.24) is 4.90 Å². The average Bonchev–Trinajstić information content (AvgIpc) is 2.92. The molecule has 0 aliphatic carbocycles. The molecule has 41 heavy (non-hydrogen) atoms. The van der Waals surface area contributed by atoms with Gasteiger partial charge in [-0.25, -0.2) is 9.18 Å². The third kappa shape index (κ3) is 7.07. The first-order valence-corrected chi connectivity index (χ1v) is 13.2. The molecule has 11 heteroatoms. The van der Waals surface area contributed by atoms with Crippen molar-refractivity contribution in [2.24, 2.45) is 0 Å². The number of hydrogen-bond acceptors (Lipinski definition) is 6. The Morgan fingerprint density at radius 1 is 0.951 bits per heavy atom. The Morgan fingerprint density at radius 2 is 1.59 bits per heavy atom. The first-order chi connectivity index (χ1) is 19.5. The lowest BCUT2D eigenvalue weighted by atomic mass is 10.1. The van der Waals surface area contributed by atoms with Crippen LogP contribution in [-0.4, -0.2) is 24.0 Å². The van der Waals surface area contributed by atoms with E-state index in [-0.39, 0.29) is 40.1 Å². The summed E-state index contributed by atoms with van der Waals surface area (Å²) in [6.45, 7) is 5.10. The molecule has 0 aliphatic heterocycles. The van der Waals surface area contributed by atoms with E-state index in [1.807, 2.05) is 18.7 Å². The molecule has 0 radical (unpaired) electrons.